The molecule has 30 heavy (non-hydrogen) atoms. The fraction of sp³-hybridized carbons (Fsp3) is 0.300. The number of benzene rings is 1. The summed E-state index contributed by atoms with van der Waals surface area (Å²) in [6, 6.07) is 5.30. The van der Waals surface area contributed by atoms with Crippen molar-refractivity contribution in [2.45, 2.75) is 38.8 Å². The van der Waals surface area contributed by atoms with E-state index in [1.54, 1.807) is 45.0 Å². The maximum absolute atomic E-state index is 12.4. The highest BCUT2D eigenvalue weighted by molar-refractivity contribution is 6.40. The smallest absolute Gasteiger partial charge is 0.408 e. The first-order chi connectivity index (χ1) is 14.0. The predicted octanol–water partition coefficient (Wildman–Crippen LogP) is 4.16. The molecule has 0 aliphatic carbocycles. The van der Waals surface area contributed by atoms with Crippen molar-refractivity contribution in [1.82, 2.24) is 10.3 Å². The van der Waals surface area contributed by atoms with E-state index in [2.05, 4.69) is 15.6 Å². The number of nitrogens with zero attached hydrogens (tertiary/aromatic N) is 1. The second-order valence-corrected chi connectivity index (χ2v) is 8.18. The van der Waals surface area contributed by atoms with E-state index in [1.165, 1.54) is 12.4 Å². The number of rotatable bonds is 6. The van der Waals surface area contributed by atoms with E-state index in [1.807, 2.05) is 0 Å². The number of amides is 2. The molecule has 1 aromatic heterocycles. The molecule has 0 saturated heterocycles. The van der Waals surface area contributed by atoms with Gasteiger partial charge in [-0.1, -0.05) is 35.3 Å². The van der Waals surface area contributed by atoms with Gasteiger partial charge < -0.3 is 20.5 Å². The van der Waals surface area contributed by atoms with Gasteiger partial charge in [0.1, 0.15) is 11.6 Å². The number of aromatic nitrogens is 1. The molecule has 1 atom stereocenters. The van der Waals surface area contributed by atoms with Gasteiger partial charge in [0.15, 0.2) is 0 Å². The molecule has 0 aliphatic rings. The van der Waals surface area contributed by atoms with Gasteiger partial charge in [0.05, 0.1) is 15.6 Å². The number of aliphatic carboxylic acids is 1. The molecule has 0 saturated carbocycles. The summed E-state index contributed by atoms with van der Waals surface area (Å²) in [5.41, 5.74) is 0.453. The Morgan fingerprint density at radius 3 is 2.17 bits per heavy atom. The van der Waals surface area contributed by atoms with Crippen LogP contribution in [0.4, 0.5) is 10.5 Å². The first kappa shape index (κ1) is 23.4. The molecule has 3 N–H and O–H groups in total. The molecule has 1 heterocycles. The van der Waals surface area contributed by atoms with Crippen molar-refractivity contribution in [1.29, 1.82) is 0 Å². The van der Waals surface area contributed by atoms with Crippen molar-refractivity contribution in [2.24, 2.45) is 0 Å². The molecule has 10 heteroatoms. The van der Waals surface area contributed by atoms with Crippen LogP contribution in [0.25, 0.3) is 0 Å². The third kappa shape index (κ3) is 6.89. The zero-order valence-corrected chi connectivity index (χ0v) is 18.0. The fourth-order valence-corrected chi connectivity index (χ4v) is 2.97. The highest BCUT2D eigenvalue weighted by atomic mass is 35.5. The lowest BCUT2D eigenvalue weighted by atomic mass is 10.1. The van der Waals surface area contributed by atoms with Crippen molar-refractivity contribution >= 4 is 46.9 Å². The second-order valence-electron chi connectivity index (χ2n) is 7.37. The predicted molar refractivity (Wildman–Crippen MR) is 113 cm³/mol. The lowest BCUT2D eigenvalue weighted by Gasteiger charge is -2.22. The molecule has 0 fully saturated rings. The topological polar surface area (TPSA) is 118 Å². The maximum atomic E-state index is 12.4. The number of carboxylic acid groups (broad SMARTS) is 1. The summed E-state index contributed by atoms with van der Waals surface area (Å²) >= 11 is 12.0. The summed E-state index contributed by atoms with van der Waals surface area (Å²) in [7, 11) is 0. The van der Waals surface area contributed by atoms with Crippen LogP contribution in [0.1, 0.15) is 36.7 Å². The zero-order valence-electron chi connectivity index (χ0n) is 16.5. The van der Waals surface area contributed by atoms with Gasteiger partial charge in [-0.25, -0.2) is 9.59 Å². The summed E-state index contributed by atoms with van der Waals surface area (Å²) in [6.45, 7) is 5.05. The summed E-state index contributed by atoms with van der Waals surface area (Å²) in [4.78, 5) is 39.5. The van der Waals surface area contributed by atoms with Crippen molar-refractivity contribution in [3.8, 4) is 0 Å². The number of carbonyl (C=O) groups excluding carboxylic acids is 2. The van der Waals surface area contributed by atoms with Gasteiger partial charge in [-0.05, 0) is 38.5 Å². The van der Waals surface area contributed by atoms with Gasteiger partial charge in [-0.2, -0.15) is 0 Å². The molecular weight excluding hydrogens is 433 g/mol. The lowest BCUT2D eigenvalue weighted by Crippen LogP contribution is -2.44. The normalized spacial score (nSPS) is 12.0. The van der Waals surface area contributed by atoms with Crippen LogP contribution in [0.5, 0.6) is 0 Å². The molecule has 2 aromatic rings. The third-order valence-electron chi connectivity index (χ3n) is 3.72. The van der Waals surface area contributed by atoms with Gasteiger partial charge >= 0.3 is 12.1 Å². The van der Waals surface area contributed by atoms with Gasteiger partial charge in [0.2, 0.25) is 0 Å². The molecule has 1 aromatic carbocycles. The Morgan fingerprint density at radius 2 is 1.67 bits per heavy atom. The van der Waals surface area contributed by atoms with E-state index in [9.17, 15) is 19.5 Å². The first-order valence-corrected chi connectivity index (χ1v) is 9.63. The number of alkyl carbamates (subject to hydrolysis) is 1. The first-order valence-electron chi connectivity index (χ1n) is 8.88. The number of carbonyl (C=O) groups is 3. The molecule has 0 radical (unpaired) electrons. The summed E-state index contributed by atoms with van der Waals surface area (Å²) in [5.74, 6) is -1.70. The number of anilines is 1. The van der Waals surface area contributed by atoms with Crippen molar-refractivity contribution in [3.63, 3.8) is 0 Å². The van der Waals surface area contributed by atoms with Crippen molar-refractivity contribution in [2.75, 3.05) is 5.32 Å². The van der Waals surface area contributed by atoms with E-state index in [0.29, 0.717) is 11.3 Å². The van der Waals surface area contributed by atoms with Crippen LogP contribution < -0.4 is 10.6 Å². The van der Waals surface area contributed by atoms with E-state index < -0.39 is 29.6 Å². The minimum Gasteiger partial charge on any atom is -0.480 e. The zero-order chi connectivity index (χ0) is 22.5. The Morgan fingerprint density at radius 1 is 1.10 bits per heavy atom. The Balaban J connectivity index is 2.04. The Kier molecular flexibility index (Phi) is 7.64. The Labute approximate surface area is 183 Å². The lowest BCUT2D eigenvalue weighted by molar-refractivity contribution is -0.139. The van der Waals surface area contributed by atoms with Crippen LogP contribution in [0.3, 0.4) is 0 Å². The van der Waals surface area contributed by atoms with E-state index in [0.717, 1.165) is 0 Å². The number of hydrogen-bond acceptors (Lipinski definition) is 5. The summed E-state index contributed by atoms with van der Waals surface area (Å²) in [6.07, 6.45) is 1.85. The minimum atomic E-state index is -1.19. The van der Waals surface area contributed by atoms with Gasteiger partial charge in [-0.3, -0.25) is 9.78 Å². The van der Waals surface area contributed by atoms with Gasteiger partial charge in [0, 0.05) is 24.5 Å². The standard InChI is InChI=1S/C20H21Cl2N3O5/c1-20(2,3)30-19(29)25-15(18(27)28)8-11-4-6-12(7-5-11)24-17(26)16-13(21)9-23-10-14(16)22/h4-7,9-10,15H,8H2,1-3H3,(H,24,26)(H,25,29)(H,27,28)/t15-/m0/s1. The molecule has 8 nitrogen and oxygen atoms in total. The second kappa shape index (κ2) is 9.77. The van der Waals surface area contributed by atoms with E-state index in [-0.39, 0.29) is 22.0 Å². The number of ether oxygens (including phenoxy) is 1. The number of carboxylic acids is 1. The summed E-state index contributed by atoms with van der Waals surface area (Å²) < 4.78 is 5.09. The molecule has 2 amide bonds. The number of halogens is 2. The Bertz CT molecular complexity index is 922. The fourth-order valence-electron chi connectivity index (χ4n) is 2.43. The van der Waals surface area contributed by atoms with Gasteiger partial charge in [0.25, 0.3) is 5.91 Å². The highest BCUT2D eigenvalue weighted by Gasteiger charge is 2.24. The molecular formula is C20H21Cl2N3O5. The molecule has 0 spiro atoms. The number of hydrogen-bond donors (Lipinski definition) is 3. The highest BCUT2D eigenvalue weighted by Crippen LogP contribution is 2.24. The van der Waals surface area contributed by atoms with Crippen LogP contribution >= 0.6 is 23.2 Å². The SMILES string of the molecule is CC(C)(C)OC(=O)N[C@@H](Cc1ccc(NC(=O)c2c(Cl)cncc2Cl)cc1)C(=O)O. The van der Waals surface area contributed by atoms with Crippen LogP contribution in [0.15, 0.2) is 36.7 Å². The van der Waals surface area contributed by atoms with Crippen molar-refractivity contribution < 1.29 is 24.2 Å². The van der Waals surface area contributed by atoms with Crippen LogP contribution in [0, 0.1) is 0 Å². The number of pyridine rings is 1. The number of nitrogens with one attached hydrogen (secondary N) is 2. The van der Waals surface area contributed by atoms with Crippen molar-refractivity contribution in [3.05, 3.63) is 57.8 Å². The molecule has 0 bridgehead atoms. The monoisotopic (exact) mass is 453 g/mol. The average Bonchev–Trinajstić information content (AvgIpc) is 2.61. The summed E-state index contributed by atoms with van der Waals surface area (Å²) in [5, 5.41) is 14.6. The van der Waals surface area contributed by atoms with E-state index in [4.69, 9.17) is 27.9 Å². The largest absolute Gasteiger partial charge is 0.480 e. The van der Waals surface area contributed by atoms with E-state index >= 15 is 0 Å². The molecule has 160 valence electrons. The Hall–Kier alpha value is -2.84. The van der Waals surface area contributed by atoms with Gasteiger partial charge in [-0.15, -0.1) is 0 Å². The third-order valence-corrected chi connectivity index (χ3v) is 4.29. The quantitative estimate of drug-likeness (QED) is 0.604. The maximum Gasteiger partial charge on any atom is 0.408 e. The minimum absolute atomic E-state index is 0.0326. The molecule has 0 unspecified atom stereocenters. The average molecular weight is 454 g/mol. The molecule has 0 aliphatic heterocycles. The van der Waals surface area contributed by atoms with Crippen LogP contribution in [0.2, 0.25) is 10.0 Å². The molecule has 2 rings (SSSR count). The van der Waals surface area contributed by atoms with Crippen LogP contribution in [-0.4, -0.2) is 39.7 Å². The van der Waals surface area contributed by atoms with Crippen LogP contribution in [-0.2, 0) is 16.0 Å².